The van der Waals surface area contributed by atoms with Crippen molar-refractivity contribution in [2.75, 3.05) is 13.2 Å². The molecule has 0 unspecified atom stereocenters. The maximum Gasteiger partial charge on any atom is 0.157 e. The van der Waals surface area contributed by atoms with Crippen LogP contribution < -0.4 is 0 Å². The predicted molar refractivity (Wildman–Crippen MR) is 266 cm³/mol. The topological polar surface area (TPSA) is 57.5 Å². The number of ketones is 1. The molecule has 2 N–H and O–H groups in total. The minimum Gasteiger partial charge on any atom is -0.396 e. The van der Waals surface area contributed by atoms with Crippen LogP contribution in [0.2, 0.25) is 0 Å². The fourth-order valence-electron chi connectivity index (χ4n) is 9.58. The van der Waals surface area contributed by atoms with Crippen LogP contribution in [-0.4, -0.2) is 29.2 Å². The monoisotopic (exact) mass is 849 g/mol. The number of aliphatic hydroxyl groups is 2. The van der Waals surface area contributed by atoms with Crippen LogP contribution in [0.25, 0.3) is 22.3 Å². The third-order valence-electron chi connectivity index (χ3n) is 13.6. The highest BCUT2D eigenvalue weighted by atomic mass is 19.1. The first-order valence-electron chi connectivity index (χ1n) is 24.7. The molecular weight excluding hydrogens is 764 g/mol. The molecule has 0 atom stereocenters. The van der Waals surface area contributed by atoms with Crippen molar-refractivity contribution < 1.29 is 19.4 Å². The van der Waals surface area contributed by atoms with Gasteiger partial charge < -0.3 is 10.2 Å². The van der Waals surface area contributed by atoms with Gasteiger partial charge in [0, 0.05) is 17.4 Å². The summed E-state index contributed by atoms with van der Waals surface area (Å²) in [6.07, 6.45) is 24.7. The Labute approximate surface area is 378 Å². The van der Waals surface area contributed by atoms with Gasteiger partial charge in [0.2, 0.25) is 0 Å². The van der Waals surface area contributed by atoms with Gasteiger partial charge in [-0.3, -0.25) is 4.79 Å². The summed E-state index contributed by atoms with van der Waals surface area (Å²) in [6.45, 7) is 23.4. The van der Waals surface area contributed by atoms with E-state index in [4.69, 9.17) is 0 Å². The van der Waals surface area contributed by atoms with Crippen LogP contribution in [0.4, 0.5) is 4.39 Å². The fourth-order valence-corrected chi connectivity index (χ4v) is 9.58. The molecule has 1 fully saturated rings. The van der Waals surface area contributed by atoms with Crippen LogP contribution in [0.5, 0.6) is 0 Å². The second-order valence-electron chi connectivity index (χ2n) is 18.8. The van der Waals surface area contributed by atoms with E-state index in [1.54, 1.807) is 13.0 Å². The minimum atomic E-state index is -0.440. The number of halogens is 1. The molecule has 3 aromatic rings. The number of carbonyl (C=O) groups is 1. The van der Waals surface area contributed by atoms with Gasteiger partial charge in [-0.05, 0) is 172 Å². The van der Waals surface area contributed by atoms with Crippen molar-refractivity contribution >= 4 is 5.78 Å². The van der Waals surface area contributed by atoms with Crippen molar-refractivity contribution in [2.45, 2.75) is 189 Å². The van der Waals surface area contributed by atoms with Gasteiger partial charge in [0.25, 0.3) is 0 Å². The Hall–Kier alpha value is -3.60. The normalized spacial score (nSPS) is 15.2. The summed E-state index contributed by atoms with van der Waals surface area (Å²) >= 11 is 0. The van der Waals surface area contributed by atoms with Gasteiger partial charge in [-0.2, -0.15) is 0 Å². The zero-order valence-corrected chi connectivity index (χ0v) is 40.1. The molecule has 342 valence electrons. The summed E-state index contributed by atoms with van der Waals surface area (Å²) < 4.78 is 16.0. The summed E-state index contributed by atoms with van der Waals surface area (Å²) in [7, 11) is 0. The number of aliphatic hydroxyl groups excluding tert-OH is 2. The fraction of sp³-hybridized carbons (Fsp3) is 0.569. The molecule has 3 aromatic carbocycles. The molecule has 0 aliphatic heterocycles. The number of unbranched alkanes of at least 4 members (excludes halogenated alkanes) is 5. The van der Waals surface area contributed by atoms with E-state index in [1.165, 1.54) is 91.2 Å². The van der Waals surface area contributed by atoms with Crippen LogP contribution in [0.1, 0.15) is 191 Å². The maximum atomic E-state index is 16.0. The lowest BCUT2D eigenvalue weighted by Crippen LogP contribution is -2.30. The second-order valence-corrected chi connectivity index (χ2v) is 18.8. The second kappa shape index (κ2) is 28.2. The molecule has 1 saturated carbocycles. The number of allylic oxidation sites excluding steroid dienone is 3. The van der Waals surface area contributed by atoms with Crippen LogP contribution in [0.3, 0.4) is 0 Å². The van der Waals surface area contributed by atoms with Crippen molar-refractivity contribution in [3.63, 3.8) is 0 Å². The van der Waals surface area contributed by atoms with Crippen LogP contribution >= 0.6 is 0 Å². The van der Waals surface area contributed by atoms with E-state index in [-0.39, 0.29) is 24.8 Å². The summed E-state index contributed by atoms with van der Waals surface area (Å²) in [5.41, 5.74) is 11.8. The van der Waals surface area contributed by atoms with Crippen molar-refractivity contribution in [1.82, 2.24) is 0 Å². The van der Waals surface area contributed by atoms with E-state index in [0.717, 1.165) is 99.7 Å². The SMILES string of the molecule is C=C(C)C(=O)CCCCc1cc(-c2ccc(-c3ccc(C4CCC(CCCCC)CC4)cc3F)cc2CC)cc(CCCCC)c1CCCC(CO)(CO)CCC.C=CC(=C)C. The van der Waals surface area contributed by atoms with Gasteiger partial charge in [0.05, 0.1) is 13.2 Å². The van der Waals surface area contributed by atoms with Crippen LogP contribution in [0, 0.1) is 17.2 Å². The Morgan fingerprint density at radius 2 is 1.31 bits per heavy atom. The molecule has 0 amide bonds. The minimum absolute atomic E-state index is 0.00717. The van der Waals surface area contributed by atoms with Gasteiger partial charge in [-0.25, -0.2) is 4.39 Å². The molecule has 0 heterocycles. The highest BCUT2D eigenvalue weighted by Gasteiger charge is 2.28. The molecule has 0 spiro atoms. The summed E-state index contributed by atoms with van der Waals surface area (Å²) in [5, 5.41) is 20.6. The highest BCUT2D eigenvalue weighted by Crippen LogP contribution is 2.40. The number of aryl methyl sites for hydroxylation is 3. The molecule has 4 heteroatoms. The van der Waals surface area contributed by atoms with Gasteiger partial charge in [-0.1, -0.05) is 146 Å². The molecule has 0 aromatic heterocycles. The smallest absolute Gasteiger partial charge is 0.157 e. The molecule has 62 heavy (non-hydrogen) atoms. The third kappa shape index (κ3) is 16.5. The number of hydrogen-bond acceptors (Lipinski definition) is 3. The molecular formula is C58H85FO3. The molecule has 4 rings (SSSR count). The van der Waals surface area contributed by atoms with E-state index < -0.39 is 5.41 Å². The van der Waals surface area contributed by atoms with Crippen molar-refractivity contribution in [1.29, 1.82) is 0 Å². The van der Waals surface area contributed by atoms with Crippen LogP contribution in [-0.2, 0) is 30.5 Å². The first-order chi connectivity index (χ1) is 29.9. The van der Waals surface area contributed by atoms with Crippen LogP contribution in [0.15, 0.2) is 85.5 Å². The molecule has 0 saturated heterocycles. The van der Waals surface area contributed by atoms with Gasteiger partial charge in [0.1, 0.15) is 5.82 Å². The maximum absolute atomic E-state index is 16.0. The lowest BCUT2D eigenvalue weighted by Gasteiger charge is -2.30. The van der Waals surface area contributed by atoms with Gasteiger partial charge >= 0.3 is 0 Å². The molecule has 3 nitrogen and oxygen atoms in total. The lowest BCUT2D eigenvalue weighted by molar-refractivity contribution is -0.115. The largest absolute Gasteiger partial charge is 0.396 e. The number of hydrogen-bond donors (Lipinski definition) is 2. The quantitative estimate of drug-likeness (QED) is 0.0456. The van der Waals surface area contributed by atoms with Crippen molar-refractivity contribution in [3.8, 4) is 22.3 Å². The number of Topliss-reactive ketones (excluding diaryl/α,β-unsaturated/α-hetero) is 1. The number of carbonyl (C=O) groups excluding carboxylic acids is 1. The lowest BCUT2D eigenvalue weighted by atomic mass is 9.77. The average Bonchev–Trinajstić information content (AvgIpc) is 3.28. The van der Waals surface area contributed by atoms with E-state index in [1.807, 2.05) is 19.1 Å². The molecule has 0 radical (unpaired) electrons. The number of benzene rings is 3. The first-order valence-corrected chi connectivity index (χ1v) is 24.7. The van der Waals surface area contributed by atoms with E-state index in [0.29, 0.717) is 23.5 Å². The van der Waals surface area contributed by atoms with Crippen molar-refractivity contribution in [3.05, 3.63) is 119 Å². The Morgan fingerprint density at radius 3 is 1.85 bits per heavy atom. The zero-order chi connectivity index (χ0) is 45.5. The van der Waals surface area contributed by atoms with E-state index in [2.05, 4.69) is 83.8 Å². The Kier molecular flexibility index (Phi) is 24.0. The summed E-state index contributed by atoms with van der Waals surface area (Å²) in [6, 6.07) is 17.4. The van der Waals surface area contributed by atoms with E-state index in [9.17, 15) is 15.0 Å². The summed E-state index contributed by atoms with van der Waals surface area (Å²) in [5.74, 6) is 1.33. The van der Waals surface area contributed by atoms with Gasteiger partial charge in [-0.15, -0.1) is 0 Å². The average molecular weight is 849 g/mol. The van der Waals surface area contributed by atoms with E-state index >= 15 is 4.39 Å². The first kappa shape index (κ1) is 52.7. The third-order valence-corrected chi connectivity index (χ3v) is 13.6. The molecule has 1 aliphatic rings. The zero-order valence-electron chi connectivity index (χ0n) is 40.1. The Bertz CT molecular complexity index is 1840. The molecule has 1 aliphatic carbocycles. The standard InChI is InChI=1S/C53H77FO3.C5H8/c1-7-11-13-18-40-23-25-42(26-24-40)43-27-30-50(51(54)36-43)46-28-29-49(41(10-4)33-46)47-34-44(19-14-12-8-2)48(21-17-32-53(37-55,38-56)31-9-3)45(35-47)20-15-16-22-52(57)39(5)6;1-4-5(2)3/h27-30,33-36,40,42,55-56H,5,7-26,31-32,37-38H2,1-4,6H3;4H,1-2H2,3H3. The van der Waals surface area contributed by atoms with Gasteiger partial charge in [0.15, 0.2) is 5.78 Å². The number of rotatable bonds is 27. The Balaban J connectivity index is 0.00000193. The Morgan fingerprint density at radius 1 is 0.710 bits per heavy atom. The highest BCUT2D eigenvalue weighted by molar-refractivity contribution is 5.94. The molecule has 0 bridgehead atoms. The van der Waals surface area contributed by atoms with Crippen molar-refractivity contribution in [2.24, 2.45) is 11.3 Å². The predicted octanol–water partition coefficient (Wildman–Crippen LogP) is 16.0. The summed E-state index contributed by atoms with van der Waals surface area (Å²) in [4.78, 5) is 12.4.